The Morgan fingerprint density at radius 1 is 1.54 bits per heavy atom. The molecule has 0 spiro atoms. The van der Waals surface area contributed by atoms with Gasteiger partial charge < -0.3 is 14.8 Å². The Kier molecular flexibility index (Phi) is 4.10. The molecule has 5 heteroatoms. The Hall–Kier alpha value is -2.32. The number of ether oxygens (including phenoxy) is 1. The van der Waals surface area contributed by atoms with E-state index in [1.165, 1.54) is 0 Å². The van der Waals surface area contributed by atoms with Crippen molar-refractivity contribution in [2.45, 2.75) is 45.6 Å². The van der Waals surface area contributed by atoms with Gasteiger partial charge in [-0.05, 0) is 36.5 Å². The number of carboxylic acids is 1. The summed E-state index contributed by atoms with van der Waals surface area (Å²) < 4.78 is 6.10. The lowest BCUT2D eigenvalue weighted by molar-refractivity contribution is -0.155. The molecule has 24 heavy (non-hydrogen) atoms. The van der Waals surface area contributed by atoms with Gasteiger partial charge in [0.25, 0.3) is 0 Å². The summed E-state index contributed by atoms with van der Waals surface area (Å²) in [5.41, 5.74) is 3.61. The minimum Gasteiger partial charge on any atom is -0.481 e. The number of H-pyrrole nitrogens is 1. The van der Waals surface area contributed by atoms with E-state index in [4.69, 9.17) is 4.74 Å². The summed E-state index contributed by atoms with van der Waals surface area (Å²) in [6.45, 7) is 6.53. The van der Waals surface area contributed by atoms with Crippen LogP contribution < -0.4 is 0 Å². The van der Waals surface area contributed by atoms with Gasteiger partial charge >= 0.3 is 5.97 Å². The molecule has 5 nitrogen and oxygen atoms in total. The first-order valence-electron chi connectivity index (χ1n) is 8.35. The van der Waals surface area contributed by atoms with Crippen molar-refractivity contribution in [2.24, 2.45) is 5.92 Å². The van der Waals surface area contributed by atoms with Gasteiger partial charge in [-0.25, -0.2) is 0 Å². The van der Waals surface area contributed by atoms with Gasteiger partial charge in [0.2, 0.25) is 0 Å². The fourth-order valence-corrected chi connectivity index (χ4v) is 3.88. The van der Waals surface area contributed by atoms with Crippen LogP contribution in [0.1, 0.15) is 49.1 Å². The summed E-state index contributed by atoms with van der Waals surface area (Å²) in [4.78, 5) is 15.0. The van der Waals surface area contributed by atoms with Crippen molar-refractivity contribution < 1.29 is 14.6 Å². The van der Waals surface area contributed by atoms with Gasteiger partial charge in [-0.3, -0.25) is 4.79 Å². The molecule has 2 heterocycles. The molecule has 0 radical (unpaired) electrons. The normalized spacial score (nSPS) is 21.2. The summed E-state index contributed by atoms with van der Waals surface area (Å²) in [5, 5.41) is 19.9. The number of benzene rings is 1. The lowest BCUT2D eigenvalue weighted by atomic mass is 9.77. The van der Waals surface area contributed by atoms with Crippen LogP contribution in [0.2, 0.25) is 0 Å². The number of hydrogen-bond donors (Lipinski definition) is 2. The lowest BCUT2D eigenvalue weighted by Gasteiger charge is -2.40. The molecular formula is C19H22N2O3. The van der Waals surface area contributed by atoms with E-state index < -0.39 is 11.6 Å². The van der Waals surface area contributed by atoms with Crippen molar-refractivity contribution in [1.29, 1.82) is 5.26 Å². The van der Waals surface area contributed by atoms with Gasteiger partial charge in [-0.15, -0.1) is 0 Å². The molecule has 0 aliphatic carbocycles. The molecule has 126 valence electrons. The highest BCUT2D eigenvalue weighted by Crippen LogP contribution is 2.46. The van der Waals surface area contributed by atoms with Crippen LogP contribution in [-0.2, 0) is 21.6 Å². The molecule has 0 bridgehead atoms. The maximum absolute atomic E-state index is 11.6. The molecule has 0 fully saturated rings. The third-order valence-electron chi connectivity index (χ3n) is 5.34. The van der Waals surface area contributed by atoms with Crippen LogP contribution in [0.15, 0.2) is 12.1 Å². The van der Waals surface area contributed by atoms with Crippen molar-refractivity contribution in [2.75, 3.05) is 6.61 Å². The number of aliphatic carboxylic acids is 1. The number of nitriles is 1. The average Bonchev–Trinajstić information content (AvgIpc) is 2.96. The minimum absolute atomic E-state index is 0.0477. The van der Waals surface area contributed by atoms with Gasteiger partial charge in [-0.2, -0.15) is 5.26 Å². The van der Waals surface area contributed by atoms with Crippen LogP contribution >= 0.6 is 0 Å². The molecule has 0 unspecified atom stereocenters. The second kappa shape index (κ2) is 5.95. The maximum Gasteiger partial charge on any atom is 0.306 e. The standard InChI is InChI=1S/C19H22N2O3/c1-4-12(3)19(9-15(22)23)18-14(7-8-24-19)16-13(10-20)6-5-11(2)17(16)21-18/h5-6,12,21H,4,7-9H2,1-3H3,(H,22,23)/t12-,19+/m1/s1. The smallest absolute Gasteiger partial charge is 0.306 e. The number of nitrogens with zero attached hydrogens (tertiary/aromatic N) is 1. The highest BCUT2D eigenvalue weighted by molar-refractivity contribution is 5.93. The molecule has 2 atom stereocenters. The molecule has 1 aliphatic rings. The third kappa shape index (κ3) is 2.30. The zero-order chi connectivity index (χ0) is 17.5. The van der Waals surface area contributed by atoms with Crippen LogP contribution in [0.5, 0.6) is 0 Å². The number of fused-ring (bicyclic) bond motifs is 3. The molecule has 1 aliphatic heterocycles. The number of rotatable bonds is 4. The number of nitrogens with one attached hydrogen (secondary N) is 1. The Balaban J connectivity index is 2.34. The van der Waals surface area contributed by atoms with E-state index in [2.05, 4.69) is 11.1 Å². The minimum atomic E-state index is -0.876. The van der Waals surface area contributed by atoms with E-state index in [9.17, 15) is 15.2 Å². The molecule has 0 saturated carbocycles. The zero-order valence-electron chi connectivity index (χ0n) is 14.3. The molecule has 3 rings (SSSR count). The molecule has 2 aromatic rings. The summed E-state index contributed by atoms with van der Waals surface area (Å²) in [7, 11) is 0. The average molecular weight is 326 g/mol. The fraction of sp³-hybridized carbons (Fsp3) is 0.474. The maximum atomic E-state index is 11.6. The second-order valence-electron chi connectivity index (χ2n) is 6.64. The number of hydrogen-bond acceptors (Lipinski definition) is 3. The summed E-state index contributed by atoms with van der Waals surface area (Å²) in [6, 6.07) is 6.03. The van der Waals surface area contributed by atoms with Gasteiger partial charge in [0.05, 0.1) is 35.9 Å². The van der Waals surface area contributed by atoms with E-state index in [0.717, 1.165) is 34.1 Å². The Morgan fingerprint density at radius 3 is 2.92 bits per heavy atom. The number of aromatic amines is 1. The number of carbonyl (C=O) groups is 1. The second-order valence-corrected chi connectivity index (χ2v) is 6.64. The van der Waals surface area contributed by atoms with Crippen LogP contribution in [0, 0.1) is 24.2 Å². The molecule has 0 amide bonds. The topological polar surface area (TPSA) is 86.1 Å². The van der Waals surface area contributed by atoms with Gasteiger partial charge in [0.1, 0.15) is 5.60 Å². The molecule has 0 saturated heterocycles. The molecular weight excluding hydrogens is 304 g/mol. The highest BCUT2D eigenvalue weighted by Gasteiger charge is 2.46. The van der Waals surface area contributed by atoms with Gasteiger partial charge in [0.15, 0.2) is 0 Å². The first-order chi connectivity index (χ1) is 11.4. The van der Waals surface area contributed by atoms with E-state index in [0.29, 0.717) is 18.6 Å². The monoisotopic (exact) mass is 326 g/mol. The highest BCUT2D eigenvalue weighted by atomic mass is 16.5. The van der Waals surface area contributed by atoms with Crippen molar-refractivity contribution in [3.8, 4) is 6.07 Å². The summed E-state index contributed by atoms with van der Waals surface area (Å²) in [5.74, 6) is -0.828. The Bertz CT molecular complexity index is 846. The quantitative estimate of drug-likeness (QED) is 0.898. The SMILES string of the molecule is CC[C@@H](C)[C@]1(CC(=O)O)OCCc2c1[nH]c1c(C)ccc(C#N)c21. The van der Waals surface area contributed by atoms with E-state index in [-0.39, 0.29) is 12.3 Å². The van der Waals surface area contributed by atoms with Crippen molar-refractivity contribution in [3.05, 3.63) is 34.5 Å². The van der Waals surface area contributed by atoms with Gasteiger partial charge in [0, 0.05) is 5.39 Å². The lowest BCUT2D eigenvalue weighted by Crippen LogP contribution is -2.43. The predicted octanol–water partition coefficient (Wildman–Crippen LogP) is 3.64. The molecule has 1 aromatic heterocycles. The van der Waals surface area contributed by atoms with Crippen molar-refractivity contribution in [1.82, 2.24) is 4.98 Å². The molecule has 1 aromatic carbocycles. The summed E-state index contributed by atoms with van der Waals surface area (Å²) >= 11 is 0. The summed E-state index contributed by atoms with van der Waals surface area (Å²) in [6.07, 6.45) is 1.42. The first-order valence-corrected chi connectivity index (χ1v) is 8.35. The van der Waals surface area contributed by atoms with Gasteiger partial charge in [-0.1, -0.05) is 26.3 Å². The zero-order valence-corrected chi connectivity index (χ0v) is 14.3. The van der Waals surface area contributed by atoms with Crippen LogP contribution in [0.3, 0.4) is 0 Å². The van der Waals surface area contributed by atoms with E-state index in [1.807, 2.05) is 32.9 Å². The number of carboxylic acid groups (broad SMARTS) is 1. The van der Waals surface area contributed by atoms with Crippen LogP contribution in [-0.4, -0.2) is 22.7 Å². The van der Waals surface area contributed by atoms with Crippen LogP contribution in [0.4, 0.5) is 0 Å². The Morgan fingerprint density at radius 2 is 2.29 bits per heavy atom. The predicted molar refractivity (Wildman–Crippen MR) is 90.8 cm³/mol. The number of aromatic nitrogens is 1. The first kappa shape index (κ1) is 16.5. The van der Waals surface area contributed by atoms with Crippen LogP contribution in [0.25, 0.3) is 10.9 Å². The number of aryl methyl sites for hydroxylation is 1. The fourth-order valence-electron chi connectivity index (χ4n) is 3.88. The largest absolute Gasteiger partial charge is 0.481 e. The van der Waals surface area contributed by atoms with Crippen molar-refractivity contribution in [3.63, 3.8) is 0 Å². The van der Waals surface area contributed by atoms with E-state index >= 15 is 0 Å². The van der Waals surface area contributed by atoms with Crippen molar-refractivity contribution >= 4 is 16.9 Å². The van der Waals surface area contributed by atoms with E-state index in [1.54, 1.807) is 0 Å². The third-order valence-corrected chi connectivity index (χ3v) is 5.34. The Labute approximate surface area is 141 Å². The molecule has 2 N–H and O–H groups in total.